The Labute approximate surface area is 145 Å². The predicted molar refractivity (Wildman–Crippen MR) is 91.0 cm³/mol. The third-order valence-corrected chi connectivity index (χ3v) is 4.49. The van der Waals surface area contributed by atoms with Gasteiger partial charge in [0.25, 0.3) is 0 Å². The summed E-state index contributed by atoms with van der Waals surface area (Å²) in [5.74, 6) is -1.58. The number of hydrogen-bond donors (Lipinski definition) is 2. The molecule has 6 heteroatoms. The summed E-state index contributed by atoms with van der Waals surface area (Å²) in [6.07, 6.45) is 3.85. The van der Waals surface area contributed by atoms with Crippen molar-refractivity contribution in [2.45, 2.75) is 32.0 Å². The van der Waals surface area contributed by atoms with Gasteiger partial charge in [-0.25, -0.2) is 4.79 Å². The number of allylic oxidation sites excluding steroid dienone is 1. The number of carbonyl (C=O) groups is 1. The number of ether oxygens (including phenoxy) is 2. The van der Waals surface area contributed by atoms with Gasteiger partial charge >= 0.3 is 5.97 Å². The van der Waals surface area contributed by atoms with Crippen molar-refractivity contribution in [3.05, 3.63) is 47.9 Å². The summed E-state index contributed by atoms with van der Waals surface area (Å²) in [5.41, 5.74) is 1.66. The lowest BCUT2D eigenvalue weighted by molar-refractivity contribution is -0.173. The number of benzene rings is 1. The number of aliphatic hydroxyl groups excluding tert-OH is 1. The molecule has 0 bridgehead atoms. The summed E-state index contributed by atoms with van der Waals surface area (Å²) in [7, 11) is 0. The van der Waals surface area contributed by atoms with Crippen LogP contribution in [0, 0.1) is 5.92 Å². The Morgan fingerprint density at radius 1 is 1.32 bits per heavy atom. The van der Waals surface area contributed by atoms with Crippen molar-refractivity contribution in [2.75, 3.05) is 13.2 Å². The number of para-hydroxylation sites is 1. The minimum absolute atomic E-state index is 0.0592. The summed E-state index contributed by atoms with van der Waals surface area (Å²) >= 11 is 0. The number of rotatable bonds is 7. The molecule has 3 atom stereocenters. The number of hydrogen-bond acceptors (Lipinski definition) is 5. The molecule has 25 heavy (non-hydrogen) atoms. The molecular formula is C19H22O6. The van der Waals surface area contributed by atoms with E-state index in [2.05, 4.69) is 0 Å². The summed E-state index contributed by atoms with van der Waals surface area (Å²) in [5, 5.41) is 19.6. The number of furan rings is 1. The van der Waals surface area contributed by atoms with Crippen LogP contribution in [0.4, 0.5) is 0 Å². The highest BCUT2D eigenvalue weighted by Crippen LogP contribution is 2.42. The first-order chi connectivity index (χ1) is 12.2. The highest BCUT2D eigenvalue weighted by molar-refractivity contribution is 5.86. The molecule has 2 heterocycles. The van der Waals surface area contributed by atoms with Crippen molar-refractivity contribution < 1.29 is 28.9 Å². The van der Waals surface area contributed by atoms with Crippen LogP contribution < -0.4 is 0 Å². The molecular weight excluding hydrogens is 324 g/mol. The maximum atomic E-state index is 11.5. The van der Waals surface area contributed by atoms with Crippen LogP contribution in [0.3, 0.4) is 0 Å². The molecule has 1 aromatic heterocycles. The molecule has 0 radical (unpaired) electrons. The lowest BCUT2D eigenvalue weighted by atomic mass is 9.80. The molecule has 134 valence electrons. The quantitative estimate of drug-likeness (QED) is 0.800. The first-order valence-corrected chi connectivity index (χ1v) is 8.46. The van der Waals surface area contributed by atoms with Crippen LogP contribution in [0.15, 0.2) is 46.8 Å². The monoisotopic (exact) mass is 346 g/mol. The second-order valence-corrected chi connectivity index (χ2v) is 6.02. The van der Waals surface area contributed by atoms with E-state index in [4.69, 9.17) is 13.9 Å². The molecule has 3 rings (SSSR count). The third kappa shape index (κ3) is 3.55. The summed E-state index contributed by atoms with van der Waals surface area (Å²) in [6, 6.07) is 7.65. The zero-order chi connectivity index (χ0) is 17.8. The molecule has 0 amide bonds. The molecule has 0 fully saturated rings. The Morgan fingerprint density at radius 3 is 2.84 bits per heavy atom. The van der Waals surface area contributed by atoms with E-state index in [1.54, 1.807) is 12.3 Å². The van der Waals surface area contributed by atoms with E-state index in [1.165, 1.54) is 0 Å². The highest BCUT2D eigenvalue weighted by atomic mass is 16.7. The molecule has 0 saturated heterocycles. The fraction of sp³-hybridized carbons (Fsp3) is 0.421. The van der Waals surface area contributed by atoms with Crippen molar-refractivity contribution in [1.82, 2.24) is 0 Å². The van der Waals surface area contributed by atoms with Gasteiger partial charge in [-0.3, -0.25) is 0 Å². The van der Waals surface area contributed by atoms with Gasteiger partial charge in [0.1, 0.15) is 5.58 Å². The maximum Gasteiger partial charge on any atom is 0.370 e. The van der Waals surface area contributed by atoms with Gasteiger partial charge in [0.05, 0.1) is 6.26 Å². The molecule has 1 aliphatic heterocycles. The Kier molecular flexibility index (Phi) is 5.40. The Morgan fingerprint density at radius 2 is 2.12 bits per heavy atom. The number of carboxylic acid groups (broad SMARTS) is 1. The van der Waals surface area contributed by atoms with Gasteiger partial charge in [-0.05, 0) is 31.9 Å². The van der Waals surface area contributed by atoms with Gasteiger partial charge < -0.3 is 24.1 Å². The van der Waals surface area contributed by atoms with E-state index < -0.39 is 12.3 Å². The number of aliphatic carboxylic acids is 1. The van der Waals surface area contributed by atoms with Gasteiger partial charge in [0, 0.05) is 36.0 Å². The standard InChI is InChI=1S/C19H22O6/c1-2-23-19-13(7-5-9-20)14(10-17(25-19)18(21)22)15-11-24-16-8-4-3-6-12(15)16/h3-4,6,8,10-11,13-14,19-20H,2,5,7,9H2,1H3,(H,21,22). The number of aliphatic hydroxyl groups is 1. The lowest BCUT2D eigenvalue weighted by Crippen LogP contribution is -2.36. The number of fused-ring (bicyclic) bond motifs is 1. The van der Waals surface area contributed by atoms with Crippen LogP contribution >= 0.6 is 0 Å². The van der Waals surface area contributed by atoms with Crippen LogP contribution in [0.5, 0.6) is 0 Å². The van der Waals surface area contributed by atoms with E-state index in [-0.39, 0.29) is 24.2 Å². The Bertz CT molecular complexity index is 762. The van der Waals surface area contributed by atoms with Crippen molar-refractivity contribution >= 4 is 16.9 Å². The first kappa shape index (κ1) is 17.5. The zero-order valence-electron chi connectivity index (χ0n) is 14.1. The molecule has 0 aliphatic carbocycles. The fourth-order valence-electron chi connectivity index (χ4n) is 3.37. The maximum absolute atomic E-state index is 11.5. The Balaban J connectivity index is 2.06. The molecule has 2 aromatic rings. The molecule has 0 saturated carbocycles. The van der Waals surface area contributed by atoms with Gasteiger partial charge in [0.15, 0.2) is 0 Å². The topological polar surface area (TPSA) is 89.1 Å². The smallest absolute Gasteiger partial charge is 0.370 e. The SMILES string of the molecule is CCOC1OC(C(=O)O)=CC(c2coc3ccccc23)C1CCCO. The second-order valence-electron chi connectivity index (χ2n) is 6.02. The summed E-state index contributed by atoms with van der Waals surface area (Å²) in [6.45, 7) is 2.31. The zero-order valence-corrected chi connectivity index (χ0v) is 14.1. The van der Waals surface area contributed by atoms with E-state index in [0.29, 0.717) is 19.4 Å². The van der Waals surface area contributed by atoms with Crippen molar-refractivity contribution in [3.63, 3.8) is 0 Å². The molecule has 2 N–H and O–H groups in total. The summed E-state index contributed by atoms with van der Waals surface area (Å²) in [4.78, 5) is 11.5. The Hall–Kier alpha value is -2.31. The van der Waals surface area contributed by atoms with Gasteiger partial charge in [0.2, 0.25) is 12.0 Å². The average Bonchev–Trinajstić information content (AvgIpc) is 3.04. The van der Waals surface area contributed by atoms with Crippen LogP contribution in [-0.4, -0.2) is 35.7 Å². The second kappa shape index (κ2) is 7.72. The van der Waals surface area contributed by atoms with Crippen molar-refractivity contribution in [1.29, 1.82) is 0 Å². The molecule has 6 nitrogen and oxygen atoms in total. The fourth-order valence-corrected chi connectivity index (χ4v) is 3.37. The van der Waals surface area contributed by atoms with Gasteiger partial charge in [-0.15, -0.1) is 0 Å². The minimum Gasteiger partial charge on any atom is -0.475 e. The summed E-state index contributed by atoms with van der Waals surface area (Å²) < 4.78 is 16.9. The molecule has 1 aromatic carbocycles. The largest absolute Gasteiger partial charge is 0.475 e. The molecule has 3 unspecified atom stereocenters. The van der Waals surface area contributed by atoms with Crippen molar-refractivity contribution in [3.8, 4) is 0 Å². The van der Waals surface area contributed by atoms with Gasteiger partial charge in [-0.2, -0.15) is 0 Å². The van der Waals surface area contributed by atoms with E-state index >= 15 is 0 Å². The van der Waals surface area contributed by atoms with Crippen LogP contribution in [0.1, 0.15) is 31.2 Å². The molecule has 0 spiro atoms. The average molecular weight is 346 g/mol. The first-order valence-electron chi connectivity index (χ1n) is 8.46. The predicted octanol–water partition coefficient (Wildman–Crippen LogP) is 3.27. The third-order valence-electron chi connectivity index (χ3n) is 4.49. The van der Waals surface area contributed by atoms with E-state index in [0.717, 1.165) is 16.5 Å². The molecule has 1 aliphatic rings. The minimum atomic E-state index is -1.12. The van der Waals surface area contributed by atoms with Crippen LogP contribution in [-0.2, 0) is 14.3 Å². The van der Waals surface area contributed by atoms with Gasteiger partial charge in [-0.1, -0.05) is 18.2 Å². The van der Waals surface area contributed by atoms with Crippen molar-refractivity contribution in [2.24, 2.45) is 5.92 Å². The highest BCUT2D eigenvalue weighted by Gasteiger charge is 2.39. The number of carboxylic acids is 1. The van der Waals surface area contributed by atoms with E-state index in [1.807, 2.05) is 31.2 Å². The van der Waals surface area contributed by atoms with E-state index in [9.17, 15) is 15.0 Å². The van der Waals surface area contributed by atoms with Crippen LogP contribution in [0.25, 0.3) is 11.0 Å². The normalized spacial score (nSPS) is 23.3. The van der Waals surface area contributed by atoms with Crippen LogP contribution in [0.2, 0.25) is 0 Å². The lowest BCUT2D eigenvalue weighted by Gasteiger charge is -2.36.